The quantitative estimate of drug-likeness (QED) is 0.788. The fraction of sp³-hybridized carbons (Fsp3) is 0.250. The minimum Gasteiger partial charge on any atom is -0.350 e. The topological polar surface area (TPSA) is 71.3 Å². The minimum atomic E-state index is -0.147. The smallest absolute Gasteiger partial charge is 0.293 e. The van der Waals surface area contributed by atoms with Gasteiger partial charge in [-0.3, -0.25) is 9.78 Å². The van der Waals surface area contributed by atoms with E-state index in [2.05, 4.69) is 15.5 Å². The predicted octanol–water partition coefficient (Wildman–Crippen LogP) is 2.83. The number of aryl methyl sites for hydroxylation is 1. The molecule has 4 rings (SSSR count). The van der Waals surface area contributed by atoms with Crippen molar-refractivity contribution in [3.05, 3.63) is 71.7 Å². The van der Waals surface area contributed by atoms with Crippen molar-refractivity contribution < 1.29 is 9.32 Å². The van der Waals surface area contributed by atoms with E-state index in [-0.39, 0.29) is 17.7 Å². The lowest BCUT2D eigenvalue weighted by molar-refractivity contribution is 0.0591. The van der Waals surface area contributed by atoms with E-state index in [4.69, 9.17) is 4.52 Å². The molecule has 6 heteroatoms. The lowest BCUT2D eigenvalue weighted by Gasteiger charge is -2.35. The number of rotatable bonds is 3. The molecule has 0 bridgehead atoms. The molecule has 1 N–H and O–H groups in total. The van der Waals surface area contributed by atoms with Crippen molar-refractivity contribution >= 4 is 5.91 Å². The Morgan fingerprint density at radius 2 is 2.12 bits per heavy atom. The average molecular weight is 348 g/mol. The van der Waals surface area contributed by atoms with Gasteiger partial charge in [-0.05, 0) is 18.6 Å². The highest BCUT2D eigenvalue weighted by Gasteiger charge is 2.31. The Morgan fingerprint density at radius 1 is 1.27 bits per heavy atom. The molecule has 26 heavy (non-hydrogen) atoms. The molecular formula is C20H20N4O2. The van der Waals surface area contributed by atoms with Crippen LogP contribution >= 0.6 is 0 Å². The third-order valence-electron chi connectivity index (χ3n) is 4.64. The third kappa shape index (κ3) is 3.23. The van der Waals surface area contributed by atoms with Gasteiger partial charge in [0.15, 0.2) is 0 Å². The van der Waals surface area contributed by atoms with Crippen molar-refractivity contribution in [1.82, 2.24) is 20.4 Å². The molecule has 0 aliphatic carbocycles. The molecule has 1 aromatic carbocycles. The Labute approximate surface area is 151 Å². The van der Waals surface area contributed by atoms with Crippen LogP contribution in [0.25, 0.3) is 11.3 Å². The number of pyridine rings is 1. The molecule has 0 radical (unpaired) electrons. The maximum Gasteiger partial charge on any atom is 0.293 e. The van der Waals surface area contributed by atoms with Crippen molar-refractivity contribution in [2.75, 3.05) is 19.6 Å². The zero-order valence-electron chi connectivity index (χ0n) is 14.6. The number of carbonyl (C=O) groups is 1. The molecule has 3 heterocycles. The van der Waals surface area contributed by atoms with Gasteiger partial charge in [0.2, 0.25) is 5.76 Å². The molecule has 1 amide bonds. The van der Waals surface area contributed by atoms with Gasteiger partial charge in [-0.15, -0.1) is 0 Å². The lowest BCUT2D eigenvalue weighted by Crippen LogP contribution is -2.48. The Bertz CT molecular complexity index is 890. The summed E-state index contributed by atoms with van der Waals surface area (Å²) < 4.78 is 5.37. The Balaban J connectivity index is 1.59. The second-order valence-electron chi connectivity index (χ2n) is 6.45. The molecule has 0 saturated carbocycles. The summed E-state index contributed by atoms with van der Waals surface area (Å²) in [5.74, 6) is 0.114. The van der Waals surface area contributed by atoms with Crippen molar-refractivity contribution in [3.8, 4) is 11.3 Å². The first-order valence-electron chi connectivity index (χ1n) is 8.68. The monoisotopic (exact) mass is 348 g/mol. The number of hydrogen-bond donors (Lipinski definition) is 1. The van der Waals surface area contributed by atoms with E-state index in [1.807, 2.05) is 48.2 Å². The molecule has 1 saturated heterocycles. The number of piperazine rings is 1. The Morgan fingerprint density at radius 3 is 2.88 bits per heavy atom. The van der Waals surface area contributed by atoms with Gasteiger partial charge in [0.25, 0.3) is 5.91 Å². The second kappa shape index (κ2) is 7.09. The van der Waals surface area contributed by atoms with E-state index in [9.17, 15) is 4.79 Å². The molecule has 1 fully saturated rings. The number of carbonyl (C=O) groups excluding carboxylic acids is 1. The summed E-state index contributed by atoms with van der Waals surface area (Å²) >= 11 is 0. The van der Waals surface area contributed by atoms with Crippen LogP contribution in [0.15, 0.2) is 59.4 Å². The third-order valence-corrected chi connectivity index (χ3v) is 4.64. The molecule has 1 atom stereocenters. The summed E-state index contributed by atoms with van der Waals surface area (Å²) in [4.78, 5) is 19.0. The van der Waals surface area contributed by atoms with Crippen LogP contribution in [0.1, 0.15) is 27.7 Å². The second-order valence-corrected chi connectivity index (χ2v) is 6.45. The van der Waals surface area contributed by atoms with Gasteiger partial charge in [0, 0.05) is 43.7 Å². The SMILES string of the molecule is Cc1ccc(-c2cc(C(=O)N3CCNCC3c3cccnc3)on2)cc1. The van der Waals surface area contributed by atoms with Gasteiger partial charge in [-0.2, -0.15) is 0 Å². The summed E-state index contributed by atoms with van der Waals surface area (Å²) in [7, 11) is 0. The summed E-state index contributed by atoms with van der Waals surface area (Å²) in [5, 5.41) is 7.42. The summed E-state index contributed by atoms with van der Waals surface area (Å²) in [6, 6.07) is 13.5. The summed E-state index contributed by atoms with van der Waals surface area (Å²) in [5.41, 5.74) is 3.78. The standard InChI is InChI=1S/C20H20N4O2/c1-14-4-6-15(7-5-14)17-11-19(26-23-17)20(25)24-10-9-22-13-18(24)16-3-2-8-21-12-16/h2-8,11-12,18,22H,9-10,13H2,1H3. The molecule has 1 aliphatic heterocycles. The fourth-order valence-electron chi connectivity index (χ4n) is 3.20. The normalized spacial score (nSPS) is 17.3. The van der Waals surface area contributed by atoms with Crippen LogP contribution in [-0.4, -0.2) is 40.6 Å². The summed E-state index contributed by atoms with van der Waals surface area (Å²) in [6.07, 6.45) is 3.53. The van der Waals surface area contributed by atoms with E-state index >= 15 is 0 Å². The van der Waals surface area contributed by atoms with Gasteiger partial charge in [0.1, 0.15) is 5.69 Å². The van der Waals surface area contributed by atoms with Crippen molar-refractivity contribution in [2.45, 2.75) is 13.0 Å². The molecule has 2 aromatic heterocycles. The molecule has 1 unspecified atom stereocenters. The molecule has 1 aliphatic rings. The zero-order valence-corrected chi connectivity index (χ0v) is 14.6. The average Bonchev–Trinajstić information content (AvgIpc) is 3.19. The fourth-order valence-corrected chi connectivity index (χ4v) is 3.20. The van der Waals surface area contributed by atoms with E-state index in [1.165, 1.54) is 5.56 Å². The Hall–Kier alpha value is -2.99. The lowest BCUT2D eigenvalue weighted by atomic mass is 10.0. The minimum absolute atomic E-state index is 0.0714. The van der Waals surface area contributed by atoms with Crippen molar-refractivity contribution in [1.29, 1.82) is 0 Å². The van der Waals surface area contributed by atoms with E-state index in [0.29, 0.717) is 18.8 Å². The van der Waals surface area contributed by atoms with Gasteiger partial charge < -0.3 is 14.7 Å². The van der Waals surface area contributed by atoms with Crippen LogP contribution in [0.4, 0.5) is 0 Å². The van der Waals surface area contributed by atoms with Crippen LogP contribution in [-0.2, 0) is 0 Å². The predicted molar refractivity (Wildman–Crippen MR) is 97.6 cm³/mol. The number of nitrogens with one attached hydrogen (secondary N) is 1. The van der Waals surface area contributed by atoms with Crippen molar-refractivity contribution in [3.63, 3.8) is 0 Å². The van der Waals surface area contributed by atoms with E-state index in [0.717, 1.165) is 17.7 Å². The number of benzene rings is 1. The number of aromatic nitrogens is 2. The first kappa shape index (κ1) is 16.5. The van der Waals surface area contributed by atoms with E-state index in [1.54, 1.807) is 18.5 Å². The summed E-state index contributed by atoms with van der Waals surface area (Å²) in [6.45, 7) is 4.08. The van der Waals surface area contributed by atoms with Crippen molar-refractivity contribution in [2.24, 2.45) is 0 Å². The van der Waals surface area contributed by atoms with Crippen LogP contribution in [0.2, 0.25) is 0 Å². The van der Waals surface area contributed by atoms with E-state index < -0.39 is 0 Å². The molecular weight excluding hydrogens is 328 g/mol. The van der Waals surface area contributed by atoms with Crippen LogP contribution < -0.4 is 5.32 Å². The first-order valence-corrected chi connectivity index (χ1v) is 8.68. The largest absolute Gasteiger partial charge is 0.350 e. The molecule has 0 spiro atoms. The van der Waals surface area contributed by atoms with Gasteiger partial charge in [-0.1, -0.05) is 41.1 Å². The van der Waals surface area contributed by atoms with Gasteiger partial charge >= 0.3 is 0 Å². The maximum absolute atomic E-state index is 13.0. The Kier molecular flexibility index (Phi) is 4.50. The number of nitrogens with zero attached hydrogens (tertiary/aromatic N) is 3. The van der Waals surface area contributed by atoms with Crippen LogP contribution in [0.3, 0.4) is 0 Å². The maximum atomic E-state index is 13.0. The highest BCUT2D eigenvalue weighted by atomic mass is 16.5. The number of hydrogen-bond acceptors (Lipinski definition) is 5. The van der Waals surface area contributed by atoms with Crippen LogP contribution in [0.5, 0.6) is 0 Å². The van der Waals surface area contributed by atoms with Gasteiger partial charge in [0.05, 0.1) is 6.04 Å². The number of amides is 1. The highest BCUT2D eigenvalue weighted by Crippen LogP contribution is 2.25. The molecule has 132 valence electrons. The van der Waals surface area contributed by atoms with Crippen LogP contribution in [0, 0.1) is 6.92 Å². The molecule has 6 nitrogen and oxygen atoms in total. The molecule has 3 aromatic rings. The van der Waals surface area contributed by atoms with Gasteiger partial charge in [-0.25, -0.2) is 0 Å². The zero-order chi connectivity index (χ0) is 17.9. The first-order chi connectivity index (χ1) is 12.7. The highest BCUT2D eigenvalue weighted by molar-refractivity contribution is 5.92.